The van der Waals surface area contributed by atoms with Gasteiger partial charge in [0.2, 0.25) is 0 Å². The van der Waals surface area contributed by atoms with Gasteiger partial charge in [-0.05, 0) is 24.6 Å². The van der Waals surface area contributed by atoms with Crippen molar-refractivity contribution in [3.8, 4) is 0 Å². The summed E-state index contributed by atoms with van der Waals surface area (Å²) in [5.74, 6) is -0.389. The van der Waals surface area contributed by atoms with E-state index in [1.54, 1.807) is 0 Å². The summed E-state index contributed by atoms with van der Waals surface area (Å²) in [5.41, 5.74) is 5.82. The van der Waals surface area contributed by atoms with Gasteiger partial charge in [0.1, 0.15) is 15.7 Å². The number of benzene rings is 1. The Morgan fingerprint density at radius 1 is 1.41 bits per heavy atom. The molecule has 0 aromatic heterocycles. The van der Waals surface area contributed by atoms with Crippen molar-refractivity contribution in [1.29, 1.82) is 0 Å². The van der Waals surface area contributed by atoms with Crippen molar-refractivity contribution in [2.45, 2.75) is 11.3 Å². The zero-order valence-electron chi connectivity index (χ0n) is 9.35. The zero-order chi connectivity index (χ0) is 13.1. The van der Waals surface area contributed by atoms with Gasteiger partial charge in [-0.25, -0.2) is 12.8 Å². The number of hydrogen-bond acceptors (Lipinski definition) is 4. The fourth-order valence-electron chi connectivity index (χ4n) is 1.27. The molecule has 0 saturated carbocycles. The summed E-state index contributed by atoms with van der Waals surface area (Å²) in [6, 6.07) is 3.65. The third-order valence-corrected chi connectivity index (χ3v) is 4.60. The molecule has 0 heterocycles. The van der Waals surface area contributed by atoms with E-state index < -0.39 is 26.5 Å². The molecule has 0 radical (unpaired) electrons. The molecule has 0 spiro atoms. The van der Waals surface area contributed by atoms with Crippen LogP contribution in [0.25, 0.3) is 0 Å². The first-order valence-corrected chi connectivity index (χ1v) is 8.28. The Labute approximate surface area is 102 Å². The molecule has 0 aliphatic heterocycles. The summed E-state index contributed by atoms with van der Waals surface area (Å²) in [5, 5.41) is 0. The normalized spacial score (nSPS) is 13.5. The van der Waals surface area contributed by atoms with Crippen LogP contribution in [0, 0.1) is 5.82 Å². The summed E-state index contributed by atoms with van der Waals surface area (Å²) in [6.45, 7) is 0. The second-order valence-corrected chi connectivity index (χ2v) is 7.51. The minimum absolute atomic E-state index is 0.0338. The van der Waals surface area contributed by atoms with E-state index in [0.717, 1.165) is 12.3 Å². The van der Waals surface area contributed by atoms with Crippen molar-refractivity contribution in [2.75, 3.05) is 23.5 Å². The van der Waals surface area contributed by atoms with Crippen LogP contribution in [0.4, 0.5) is 10.1 Å². The first kappa shape index (κ1) is 14.1. The van der Waals surface area contributed by atoms with Crippen LogP contribution in [-0.4, -0.2) is 30.4 Å². The number of hydrogen-bond donors (Lipinski definition) is 1. The zero-order valence-corrected chi connectivity index (χ0v) is 11.0. The Morgan fingerprint density at radius 2 is 2.06 bits per heavy atom. The van der Waals surface area contributed by atoms with Crippen LogP contribution >= 0.6 is 0 Å². The highest BCUT2D eigenvalue weighted by atomic mass is 32.2. The molecular weight excluding hydrogens is 265 g/mol. The Balaban J connectivity index is 2.67. The Bertz CT molecular complexity index is 528. The van der Waals surface area contributed by atoms with Gasteiger partial charge in [0.15, 0.2) is 0 Å². The van der Waals surface area contributed by atoms with Crippen molar-refractivity contribution in [3.05, 3.63) is 24.0 Å². The molecule has 17 heavy (non-hydrogen) atoms. The maximum absolute atomic E-state index is 12.9. The monoisotopic (exact) mass is 279 g/mol. The van der Waals surface area contributed by atoms with Gasteiger partial charge in [-0.15, -0.1) is 0 Å². The third kappa shape index (κ3) is 4.82. The van der Waals surface area contributed by atoms with Crippen LogP contribution in [-0.2, 0) is 20.6 Å². The maximum Gasteiger partial charge on any atom is 0.147 e. The molecule has 1 rings (SSSR count). The summed E-state index contributed by atoms with van der Waals surface area (Å²) in [7, 11) is -4.53. The van der Waals surface area contributed by atoms with Gasteiger partial charge in [-0.3, -0.25) is 4.21 Å². The van der Waals surface area contributed by atoms with Crippen molar-refractivity contribution in [1.82, 2.24) is 0 Å². The van der Waals surface area contributed by atoms with Crippen LogP contribution in [0.3, 0.4) is 0 Å². The van der Waals surface area contributed by atoms with Crippen LogP contribution < -0.4 is 5.73 Å². The van der Waals surface area contributed by atoms with E-state index in [2.05, 4.69) is 0 Å². The lowest BCUT2D eigenvalue weighted by Crippen LogP contribution is -2.09. The number of anilines is 1. The first-order chi connectivity index (χ1) is 7.79. The van der Waals surface area contributed by atoms with E-state index in [9.17, 15) is 17.0 Å². The molecule has 1 aromatic rings. The lowest BCUT2D eigenvalue weighted by molar-refractivity contribution is 0.600. The van der Waals surface area contributed by atoms with E-state index in [-0.39, 0.29) is 28.5 Å². The molecule has 0 bridgehead atoms. The van der Waals surface area contributed by atoms with Crippen LogP contribution in [0.15, 0.2) is 23.1 Å². The lowest BCUT2D eigenvalue weighted by atomic mass is 10.3. The molecular formula is C10H14FNO3S2. The van der Waals surface area contributed by atoms with Gasteiger partial charge in [0.25, 0.3) is 0 Å². The fourth-order valence-corrected chi connectivity index (χ4v) is 3.32. The second-order valence-electron chi connectivity index (χ2n) is 3.72. The van der Waals surface area contributed by atoms with Crippen LogP contribution in [0.2, 0.25) is 0 Å². The molecule has 7 heteroatoms. The van der Waals surface area contributed by atoms with Crippen LogP contribution in [0.1, 0.15) is 6.42 Å². The van der Waals surface area contributed by atoms with Gasteiger partial charge in [-0.1, -0.05) is 0 Å². The van der Waals surface area contributed by atoms with E-state index in [1.165, 1.54) is 12.1 Å². The number of nitrogen functional groups attached to an aromatic ring is 1. The first-order valence-electron chi connectivity index (χ1n) is 4.91. The average Bonchev–Trinajstić information content (AvgIpc) is 2.19. The molecule has 2 N–H and O–H groups in total. The number of sulfone groups is 1. The van der Waals surface area contributed by atoms with Gasteiger partial charge in [0.05, 0.1) is 21.4 Å². The Kier molecular flexibility index (Phi) is 4.64. The molecule has 0 aliphatic carbocycles. The molecule has 0 fully saturated rings. The number of halogens is 1. The Hall–Kier alpha value is -0.950. The predicted molar refractivity (Wildman–Crippen MR) is 66.4 cm³/mol. The molecule has 1 unspecified atom stereocenters. The highest BCUT2D eigenvalue weighted by Gasteiger charge is 2.10. The number of rotatable bonds is 5. The van der Waals surface area contributed by atoms with Crippen molar-refractivity contribution >= 4 is 26.3 Å². The second kappa shape index (κ2) is 5.59. The van der Waals surface area contributed by atoms with Gasteiger partial charge in [-0.2, -0.15) is 0 Å². The molecule has 0 aliphatic rings. The lowest BCUT2D eigenvalue weighted by Gasteiger charge is -2.05. The summed E-state index contributed by atoms with van der Waals surface area (Å²) < 4.78 is 46.5. The van der Waals surface area contributed by atoms with Gasteiger partial charge in [0, 0.05) is 17.7 Å². The molecule has 1 atom stereocenters. The fraction of sp³-hybridized carbons (Fsp3) is 0.400. The van der Waals surface area contributed by atoms with Crippen molar-refractivity contribution < 1.29 is 17.0 Å². The van der Waals surface area contributed by atoms with Gasteiger partial charge >= 0.3 is 0 Å². The van der Waals surface area contributed by atoms with E-state index in [0.29, 0.717) is 0 Å². The number of nitrogens with two attached hydrogens (primary N) is 1. The average molecular weight is 279 g/mol. The van der Waals surface area contributed by atoms with Crippen molar-refractivity contribution in [2.24, 2.45) is 0 Å². The Morgan fingerprint density at radius 3 is 2.65 bits per heavy atom. The minimum Gasteiger partial charge on any atom is -0.398 e. The summed E-state index contributed by atoms with van der Waals surface area (Å²) in [4.78, 5) is 0.221. The highest BCUT2D eigenvalue weighted by Crippen LogP contribution is 2.18. The molecule has 0 saturated heterocycles. The topological polar surface area (TPSA) is 77.2 Å². The summed E-state index contributed by atoms with van der Waals surface area (Å²) in [6.07, 6.45) is 1.38. The molecule has 4 nitrogen and oxygen atoms in total. The van der Waals surface area contributed by atoms with Crippen molar-refractivity contribution in [3.63, 3.8) is 0 Å². The van der Waals surface area contributed by atoms with Gasteiger partial charge < -0.3 is 5.73 Å². The van der Waals surface area contributed by atoms with Crippen LogP contribution in [0.5, 0.6) is 0 Å². The highest BCUT2D eigenvalue weighted by molar-refractivity contribution is 7.90. The predicted octanol–water partition coefficient (Wildman–Crippen LogP) is 0.950. The minimum atomic E-state index is -3.06. The standard InChI is InChI=1S/C10H14FNO3S2/c1-17(14,15)6-2-5-16(13)10-7-8(11)3-4-9(10)12/h3-4,7H,2,5-6,12H2,1H3. The van der Waals surface area contributed by atoms with E-state index in [4.69, 9.17) is 5.73 Å². The SMILES string of the molecule is CS(=O)(=O)CCCS(=O)c1cc(F)ccc1N. The van der Waals surface area contributed by atoms with E-state index >= 15 is 0 Å². The molecule has 1 aromatic carbocycles. The third-order valence-electron chi connectivity index (χ3n) is 2.07. The quantitative estimate of drug-likeness (QED) is 0.814. The molecule has 96 valence electrons. The summed E-state index contributed by atoms with van der Waals surface area (Å²) >= 11 is 0. The largest absolute Gasteiger partial charge is 0.398 e. The smallest absolute Gasteiger partial charge is 0.147 e. The molecule has 0 amide bonds. The maximum atomic E-state index is 12.9. The van der Waals surface area contributed by atoms with E-state index in [1.807, 2.05) is 0 Å².